The number of carbonyl (C=O) groups is 1. The highest BCUT2D eigenvalue weighted by molar-refractivity contribution is 6.07. The zero-order valence-electron chi connectivity index (χ0n) is 10.4. The van der Waals surface area contributed by atoms with Crippen LogP contribution < -0.4 is 11.1 Å². The van der Waals surface area contributed by atoms with Gasteiger partial charge in [0.15, 0.2) is 5.82 Å². The minimum absolute atomic E-state index is 0.293. The lowest BCUT2D eigenvalue weighted by Crippen LogP contribution is -2.12. The molecule has 0 atom stereocenters. The molecule has 1 aromatic heterocycles. The Labute approximate surface area is 113 Å². The van der Waals surface area contributed by atoms with Crippen molar-refractivity contribution in [2.24, 2.45) is 0 Å². The number of aromatic nitrogens is 2. The second-order valence-electron chi connectivity index (χ2n) is 4.34. The molecular formula is C14H11FN4O. The Balaban J connectivity index is 1.91. The van der Waals surface area contributed by atoms with Crippen molar-refractivity contribution in [2.45, 2.75) is 0 Å². The molecule has 0 aliphatic carbocycles. The summed E-state index contributed by atoms with van der Waals surface area (Å²) in [4.78, 5) is 12.1. The number of nitrogens with zero attached hydrogens (tertiary/aromatic N) is 1. The zero-order chi connectivity index (χ0) is 14.1. The standard InChI is InChI=1S/C14H11FN4O/c15-9-3-6-12-11(7-9)13(19-18-12)17-14(20)8-1-4-10(16)5-2-8/h1-7H,16H2,(H2,17,18,19,20). The Hall–Kier alpha value is -2.89. The Kier molecular flexibility index (Phi) is 2.83. The monoisotopic (exact) mass is 270 g/mol. The maximum Gasteiger partial charge on any atom is 0.256 e. The lowest BCUT2D eigenvalue weighted by atomic mass is 10.2. The Bertz CT molecular complexity index is 779. The van der Waals surface area contributed by atoms with Gasteiger partial charge in [-0.25, -0.2) is 4.39 Å². The quantitative estimate of drug-likeness (QED) is 0.626. The molecule has 1 amide bonds. The number of H-pyrrole nitrogens is 1. The van der Waals surface area contributed by atoms with Crippen molar-refractivity contribution >= 4 is 28.3 Å². The van der Waals surface area contributed by atoms with E-state index in [9.17, 15) is 9.18 Å². The molecule has 0 aliphatic rings. The minimum Gasteiger partial charge on any atom is -0.399 e. The first kappa shape index (κ1) is 12.2. The molecule has 0 spiro atoms. The van der Waals surface area contributed by atoms with Gasteiger partial charge in [0.1, 0.15) is 5.82 Å². The molecule has 3 rings (SSSR count). The van der Waals surface area contributed by atoms with Crippen molar-refractivity contribution in [2.75, 3.05) is 11.1 Å². The summed E-state index contributed by atoms with van der Waals surface area (Å²) in [5.41, 5.74) is 7.24. The minimum atomic E-state index is -0.387. The number of carbonyl (C=O) groups excluding carboxylic acids is 1. The Morgan fingerprint density at radius 3 is 2.70 bits per heavy atom. The van der Waals surface area contributed by atoms with Crippen LogP contribution in [0.2, 0.25) is 0 Å². The summed E-state index contributed by atoms with van der Waals surface area (Å²) in [6.07, 6.45) is 0. The molecule has 3 aromatic rings. The van der Waals surface area contributed by atoms with Crippen molar-refractivity contribution < 1.29 is 9.18 Å². The summed E-state index contributed by atoms with van der Waals surface area (Å²) in [6, 6.07) is 10.7. The van der Waals surface area contributed by atoms with E-state index in [0.717, 1.165) is 0 Å². The third-order valence-corrected chi connectivity index (χ3v) is 2.93. The van der Waals surface area contributed by atoms with Crippen LogP contribution in [0.15, 0.2) is 42.5 Å². The van der Waals surface area contributed by atoms with Crippen molar-refractivity contribution in [1.82, 2.24) is 10.2 Å². The van der Waals surface area contributed by atoms with E-state index in [0.29, 0.717) is 28.0 Å². The molecule has 6 heteroatoms. The molecule has 0 radical (unpaired) electrons. The lowest BCUT2D eigenvalue weighted by Gasteiger charge is -2.03. The van der Waals surface area contributed by atoms with Gasteiger partial charge in [0.25, 0.3) is 5.91 Å². The number of halogens is 1. The van der Waals surface area contributed by atoms with Crippen LogP contribution in [-0.4, -0.2) is 16.1 Å². The molecule has 1 heterocycles. The number of hydrogen-bond donors (Lipinski definition) is 3. The zero-order valence-corrected chi connectivity index (χ0v) is 10.4. The second kappa shape index (κ2) is 4.65. The summed E-state index contributed by atoms with van der Waals surface area (Å²) in [5.74, 6) is -0.425. The topological polar surface area (TPSA) is 83.8 Å². The van der Waals surface area contributed by atoms with Crippen LogP contribution in [0.3, 0.4) is 0 Å². The molecular weight excluding hydrogens is 259 g/mol. The van der Waals surface area contributed by atoms with Gasteiger partial charge < -0.3 is 11.1 Å². The number of nitrogens with two attached hydrogens (primary N) is 1. The Morgan fingerprint density at radius 1 is 1.20 bits per heavy atom. The van der Waals surface area contributed by atoms with E-state index in [4.69, 9.17) is 5.73 Å². The van der Waals surface area contributed by atoms with E-state index >= 15 is 0 Å². The highest BCUT2D eigenvalue weighted by atomic mass is 19.1. The fourth-order valence-corrected chi connectivity index (χ4v) is 1.90. The van der Waals surface area contributed by atoms with E-state index in [1.165, 1.54) is 12.1 Å². The summed E-state index contributed by atoms with van der Waals surface area (Å²) < 4.78 is 13.2. The fraction of sp³-hybridized carbons (Fsp3) is 0. The van der Waals surface area contributed by atoms with Crippen LogP contribution in [0.1, 0.15) is 10.4 Å². The number of hydrogen-bond acceptors (Lipinski definition) is 3. The van der Waals surface area contributed by atoms with Gasteiger partial charge in [-0.2, -0.15) is 5.10 Å². The van der Waals surface area contributed by atoms with Gasteiger partial charge in [-0.15, -0.1) is 0 Å². The number of nitrogens with one attached hydrogen (secondary N) is 2. The molecule has 5 nitrogen and oxygen atoms in total. The number of aromatic amines is 1. The predicted molar refractivity (Wildman–Crippen MR) is 74.9 cm³/mol. The smallest absolute Gasteiger partial charge is 0.256 e. The highest BCUT2D eigenvalue weighted by Crippen LogP contribution is 2.21. The predicted octanol–water partition coefficient (Wildman–Crippen LogP) is 2.54. The van der Waals surface area contributed by atoms with Crippen LogP contribution >= 0.6 is 0 Å². The van der Waals surface area contributed by atoms with Crippen LogP contribution in [0, 0.1) is 5.82 Å². The number of rotatable bonds is 2. The maximum absolute atomic E-state index is 13.2. The van der Waals surface area contributed by atoms with Crippen molar-refractivity contribution in [3.63, 3.8) is 0 Å². The van der Waals surface area contributed by atoms with Crippen molar-refractivity contribution in [3.8, 4) is 0 Å². The normalized spacial score (nSPS) is 10.7. The van der Waals surface area contributed by atoms with Gasteiger partial charge in [0.2, 0.25) is 0 Å². The third kappa shape index (κ3) is 2.18. The first-order valence-electron chi connectivity index (χ1n) is 5.94. The third-order valence-electron chi connectivity index (χ3n) is 2.93. The van der Waals surface area contributed by atoms with Gasteiger partial charge in [0, 0.05) is 16.6 Å². The van der Waals surface area contributed by atoms with Crippen LogP contribution in [-0.2, 0) is 0 Å². The largest absolute Gasteiger partial charge is 0.399 e. The number of amides is 1. The molecule has 0 saturated heterocycles. The van der Waals surface area contributed by atoms with Gasteiger partial charge in [-0.1, -0.05) is 0 Å². The summed E-state index contributed by atoms with van der Waals surface area (Å²) >= 11 is 0. The average Bonchev–Trinajstić information content (AvgIpc) is 2.82. The van der Waals surface area contributed by atoms with Gasteiger partial charge in [-0.05, 0) is 42.5 Å². The molecule has 4 N–H and O–H groups in total. The van der Waals surface area contributed by atoms with Crippen LogP contribution in [0.4, 0.5) is 15.9 Å². The highest BCUT2D eigenvalue weighted by Gasteiger charge is 2.11. The van der Waals surface area contributed by atoms with E-state index in [2.05, 4.69) is 15.5 Å². The van der Waals surface area contributed by atoms with Crippen LogP contribution in [0.25, 0.3) is 10.9 Å². The van der Waals surface area contributed by atoms with E-state index in [-0.39, 0.29) is 11.7 Å². The Morgan fingerprint density at radius 2 is 1.95 bits per heavy atom. The average molecular weight is 270 g/mol. The van der Waals surface area contributed by atoms with Crippen LogP contribution in [0.5, 0.6) is 0 Å². The summed E-state index contributed by atoms with van der Waals surface area (Å²) in [7, 11) is 0. The van der Waals surface area contributed by atoms with Crippen molar-refractivity contribution in [1.29, 1.82) is 0 Å². The summed E-state index contributed by atoms with van der Waals surface area (Å²) in [5, 5.41) is 9.86. The molecule has 100 valence electrons. The molecule has 20 heavy (non-hydrogen) atoms. The molecule has 0 bridgehead atoms. The van der Waals surface area contributed by atoms with E-state index in [1.54, 1.807) is 30.3 Å². The molecule has 0 unspecified atom stereocenters. The van der Waals surface area contributed by atoms with Gasteiger partial charge >= 0.3 is 0 Å². The number of benzene rings is 2. The van der Waals surface area contributed by atoms with Crippen molar-refractivity contribution in [3.05, 3.63) is 53.8 Å². The molecule has 0 aliphatic heterocycles. The van der Waals surface area contributed by atoms with E-state index in [1.807, 2.05) is 0 Å². The first-order valence-corrected chi connectivity index (χ1v) is 5.94. The first-order chi connectivity index (χ1) is 9.63. The SMILES string of the molecule is Nc1ccc(C(=O)Nc2n[nH]c3ccc(F)cc23)cc1. The summed E-state index contributed by atoms with van der Waals surface area (Å²) in [6.45, 7) is 0. The molecule has 0 fully saturated rings. The number of nitrogen functional groups attached to an aromatic ring is 1. The number of fused-ring (bicyclic) bond motifs is 1. The lowest BCUT2D eigenvalue weighted by molar-refractivity contribution is 0.102. The maximum atomic E-state index is 13.2. The second-order valence-corrected chi connectivity index (χ2v) is 4.34. The fourth-order valence-electron chi connectivity index (χ4n) is 1.90. The number of anilines is 2. The molecule has 2 aromatic carbocycles. The van der Waals surface area contributed by atoms with Gasteiger partial charge in [-0.3, -0.25) is 9.89 Å². The van der Waals surface area contributed by atoms with E-state index < -0.39 is 0 Å². The molecule has 0 saturated carbocycles. The van der Waals surface area contributed by atoms with Gasteiger partial charge in [0.05, 0.1) is 5.52 Å².